The van der Waals surface area contributed by atoms with E-state index in [1.807, 2.05) is 0 Å². The second kappa shape index (κ2) is 9.90. The SMILES string of the molecule is COc1ccc(OCc2nc(C)c(CCO)c(=O)n2CC(=O)Nc2cc(C)on2)cc1. The van der Waals surface area contributed by atoms with Crippen LogP contribution < -0.4 is 20.3 Å². The number of rotatable bonds is 9. The summed E-state index contributed by atoms with van der Waals surface area (Å²) in [6.45, 7) is 2.86. The van der Waals surface area contributed by atoms with E-state index in [0.29, 0.717) is 28.5 Å². The average molecular weight is 428 g/mol. The predicted molar refractivity (Wildman–Crippen MR) is 111 cm³/mol. The molecule has 2 heterocycles. The van der Waals surface area contributed by atoms with Crippen LogP contribution in [0.2, 0.25) is 0 Å². The number of methoxy groups -OCH3 is 1. The molecule has 0 fully saturated rings. The van der Waals surface area contributed by atoms with Crippen molar-refractivity contribution in [3.63, 3.8) is 0 Å². The molecule has 0 bridgehead atoms. The molecule has 2 aromatic heterocycles. The van der Waals surface area contributed by atoms with Crippen molar-refractivity contribution < 1.29 is 23.9 Å². The van der Waals surface area contributed by atoms with E-state index in [1.165, 1.54) is 4.57 Å². The zero-order valence-corrected chi connectivity index (χ0v) is 17.5. The Hall–Kier alpha value is -3.66. The smallest absolute Gasteiger partial charge is 0.257 e. The van der Waals surface area contributed by atoms with Crippen LogP contribution in [0.5, 0.6) is 11.5 Å². The lowest BCUT2D eigenvalue weighted by Gasteiger charge is -2.16. The van der Waals surface area contributed by atoms with Crippen molar-refractivity contribution in [1.29, 1.82) is 0 Å². The van der Waals surface area contributed by atoms with Gasteiger partial charge in [-0.2, -0.15) is 0 Å². The fraction of sp³-hybridized carbons (Fsp3) is 0.333. The third-order valence-corrected chi connectivity index (χ3v) is 4.53. The third-order valence-electron chi connectivity index (χ3n) is 4.53. The average Bonchev–Trinajstić information content (AvgIpc) is 3.16. The van der Waals surface area contributed by atoms with Gasteiger partial charge in [-0.1, -0.05) is 5.16 Å². The molecular weight excluding hydrogens is 404 g/mol. The minimum atomic E-state index is -0.471. The molecule has 1 aromatic carbocycles. The molecule has 0 aliphatic heterocycles. The Morgan fingerprint density at radius 2 is 1.94 bits per heavy atom. The highest BCUT2D eigenvalue weighted by atomic mass is 16.5. The molecule has 1 amide bonds. The molecule has 10 nitrogen and oxygen atoms in total. The van der Waals surface area contributed by atoms with Crippen molar-refractivity contribution in [2.45, 2.75) is 33.4 Å². The van der Waals surface area contributed by atoms with Crippen molar-refractivity contribution in [2.75, 3.05) is 19.0 Å². The summed E-state index contributed by atoms with van der Waals surface area (Å²) in [4.78, 5) is 30.0. The molecule has 0 aliphatic carbocycles. The number of aromatic nitrogens is 3. The maximum Gasteiger partial charge on any atom is 0.257 e. The van der Waals surface area contributed by atoms with E-state index >= 15 is 0 Å². The van der Waals surface area contributed by atoms with Crippen LogP contribution in [0.4, 0.5) is 5.82 Å². The molecule has 0 radical (unpaired) electrons. The Balaban J connectivity index is 1.85. The number of carbonyl (C=O) groups is 1. The van der Waals surface area contributed by atoms with Crippen molar-refractivity contribution in [3.8, 4) is 11.5 Å². The summed E-state index contributed by atoms with van der Waals surface area (Å²) in [5, 5.41) is 15.6. The quantitative estimate of drug-likeness (QED) is 0.526. The zero-order chi connectivity index (χ0) is 22.4. The summed E-state index contributed by atoms with van der Waals surface area (Å²) in [5.74, 6) is 1.85. The first-order chi connectivity index (χ1) is 14.9. The number of ether oxygens (including phenoxy) is 2. The maximum absolute atomic E-state index is 13.0. The standard InChI is InChI=1S/C21H24N4O6/c1-13-10-18(24-31-13)23-20(27)11-25-19(22-14(2)17(8-9-26)21(25)28)12-30-16-6-4-15(29-3)5-7-16/h4-7,10,26H,8-9,11-12H2,1-3H3,(H,23,24,27). The first kappa shape index (κ1) is 22.0. The van der Waals surface area contributed by atoms with Gasteiger partial charge >= 0.3 is 0 Å². The summed E-state index contributed by atoms with van der Waals surface area (Å²) in [5.41, 5.74) is 0.429. The largest absolute Gasteiger partial charge is 0.497 e. The second-order valence-electron chi connectivity index (χ2n) is 6.79. The number of nitrogens with one attached hydrogen (secondary N) is 1. The first-order valence-electron chi connectivity index (χ1n) is 9.61. The molecule has 0 atom stereocenters. The summed E-state index contributed by atoms with van der Waals surface area (Å²) in [7, 11) is 1.57. The number of aryl methyl sites for hydroxylation is 2. The van der Waals surface area contributed by atoms with Gasteiger partial charge < -0.3 is 24.4 Å². The van der Waals surface area contributed by atoms with Crippen LogP contribution >= 0.6 is 0 Å². The van der Waals surface area contributed by atoms with Gasteiger partial charge in [0.2, 0.25) is 5.91 Å². The molecule has 3 aromatic rings. The Morgan fingerprint density at radius 3 is 2.55 bits per heavy atom. The lowest BCUT2D eigenvalue weighted by atomic mass is 10.1. The van der Waals surface area contributed by atoms with E-state index in [2.05, 4.69) is 15.5 Å². The van der Waals surface area contributed by atoms with Gasteiger partial charge in [0.05, 0.1) is 7.11 Å². The van der Waals surface area contributed by atoms with Crippen molar-refractivity contribution in [2.24, 2.45) is 0 Å². The van der Waals surface area contributed by atoms with E-state index in [9.17, 15) is 14.7 Å². The molecule has 10 heteroatoms. The fourth-order valence-electron chi connectivity index (χ4n) is 3.00. The summed E-state index contributed by atoms with van der Waals surface area (Å²) >= 11 is 0. The Bertz CT molecular complexity index is 1100. The molecule has 0 spiro atoms. The molecular formula is C21H24N4O6. The van der Waals surface area contributed by atoms with Gasteiger partial charge in [0.1, 0.15) is 36.2 Å². The van der Waals surface area contributed by atoms with Crippen molar-refractivity contribution in [3.05, 3.63) is 63.5 Å². The Morgan fingerprint density at radius 1 is 1.23 bits per heavy atom. The number of hydrogen-bond donors (Lipinski definition) is 2. The van der Waals surface area contributed by atoms with Crippen LogP contribution in [0.25, 0.3) is 0 Å². The van der Waals surface area contributed by atoms with Crippen LogP contribution in [-0.2, 0) is 24.4 Å². The fourth-order valence-corrected chi connectivity index (χ4v) is 3.00. The molecule has 2 N–H and O–H groups in total. The van der Waals surface area contributed by atoms with Gasteiger partial charge in [-0.05, 0) is 38.1 Å². The number of benzene rings is 1. The highest BCUT2D eigenvalue weighted by molar-refractivity contribution is 5.89. The van der Waals surface area contributed by atoms with Crippen molar-refractivity contribution in [1.82, 2.24) is 14.7 Å². The lowest BCUT2D eigenvalue weighted by molar-refractivity contribution is -0.116. The molecule has 0 unspecified atom stereocenters. The highest BCUT2D eigenvalue weighted by Crippen LogP contribution is 2.18. The van der Waals surface area contributed by atoms with Gasteiger partial charge in [0, 0.05) is 30.4 Å². The van der Waals surface area contributed by atoms with Gasteiger partial charge in [-0.25, -0.2) is 4.98 Å². The van der Waals surface area contributed by atoms with E-state index < -0.39 is 11.5 Å². The molecule has 3 rings (SSSR count). The second-order valence-corrected chi connectivity index (χ2v) is 6.79. The summed E-state index contributed by atoms with van der Waals surface area (Å²) in [6.07, 6.45) is 0.140. The van der Waals surface area contributed by atoms with Gasteiger partial charge in [0.15, 0.2) is 5.82 Å². The normalized spacial score (nSPS) is 10.7. The number of nitrogens with zero attached hydrogens (tertiary/aromatic N) is 3. The third kappa shape index (κ3) is 5.48. The van der Waals surface area contributed by atoms with Crippen LogP contribution in [0.1, 0.15) is 22.8 Å². The molecule has 0 saturated heterocycles. The Labute approximate surface area is 178 Å². The highest BCUT2D eigenvalue weighted by Gasteiger charge is 2.17. The number of hydrogen-bond acceptors (Lipinski definition) is 8. The summed E-state index contributed by atoms with van der Waals surface area (Å²) < 4.78 is 17.1. The number of amides is 1. The molecule has 0 aliphatic rings. The van der Waals surface area contributed by atoms with Gasteiger partial charge in [-0.15, -0.1) is 0 Å². The lowest BCUT2D eigenvalue weighted by Crippen LogP contribution is -2.34. The van der Waals surface area contributed by atoms with Crippen LogP contribution in [0, 0.1) is 13.8 Å². The zero-order valence-electron chi connectivity index (χ0n) is 17.5. The molecule has 31 heavy (non-hydrogen) atoms. The predicted octanol–water partition coefficient (Wildman–Crippen LogP) is 1.61. The van der Waals surface area contributed by atoms with Crippen LogP contribution in [-0.4, -0.2) is 39.4 Å². The van der Waals surface area contributed by atoms with E-state index in [1.54, 1.807) is 51.3 Å². The minimum Gasteiger partial charge on any atom is -0.497 e. The first-order valence-corrected chi connectivity index (χ1v) is 9.61. The number of aliphatic hydroxyl groups is 1. The van der Waals surface area contributed by atoms with E-state index in [-0.39, 0.29) is 37.8 Å². The van der Waals surface area contributed by atoms with Crippen molar-refractivity contribution >= 4 is 11.7 Å². The number of carbonyl (C=O) groups excluding carboxylic acids is 1. The van der Waals surface area contributed by atoms with Crippen LogP contribution in [0.15, 0.2) is 39.6 Å². The van der Waals surface area contributed by atoms with Gasteiger partial charge in [0.25, 0.3) is 5.56 Å². The topological polar surface area (TPSA) is 129 Å². The van der Waals surface area contributed by atoms with Gasteiger partial charge in [-0.3, -0.25) is 14.2 Å². The number of anilines is 1. The van der Waals surface area contributed by atoms with Crippen LogP contribution in [0.3, 0.4) is 0 Å². The van der Waals surface area contributed by atoms with E-state index in [0.717, 1.165) is 0 Å². The maximum atomic E-state index is 13.0. The number of aliphatic hydroxyl groups excluding tert-OH is 1. The monoisotopic (exact) mass is 428 g/mol. The molecule has 0 saturated carbocycles. The molecule has 164 valence electrons. The minimum absolute atomic E-state index is 0.0296. The Kier molecular flexibility index (Phi) is 7.03. The van der Waals surface area contributed by atoms with E-state index in [4.69, 9.17) is 14.0 Å². The summed E-state index contributed by atoms with van der Waals surface area (Å²) in [6, 6.07) is 8.53.